The van der Waals surface area contributed by atoms with Crippen LogP contribution in [0.3, 0.4) is 0 Å². The summed E-state index contributed by atoms with van der Waals surface area (Å²) in [6, 6.07) is 7.64. The summed E-state index contributed by atoms with van der Waals surface area (Å²) in [6.45, 7) is 5.66. The van der Waals surface area contributed by atoms with Gasteiger partial charge in [0.25, 0.3) is 0 Å². The lowest BCUT2D eigenvalue weighted by Crippen LogP contribution is -2.35. The zero-order valence-corrected chi connectivity index (χ0v) is 12.9. The Bertz CT molecular complexity index is 536. The van der Waals surface area contributed by atoms with E-state index >= 15 is 0 Å². The molecule has 0 spiro atoms. The van der Waals surface area contributed by atoms with Crippen LogP contribution < -0.4 is 10.6 Å². The van der Waals surface area contributed by atoms with Gasteiger partial charge in [-0.05, 0) is 37.6 Å². The van der Waals surface area contributed by atoms with E-state index in [1.54, 1.807) is 18.9 Å². The van der Waals surface area contributed by atoms with E-state index in [9.17, 15) is 9.59 Å². The lowest BCUT2D eigenvalue weighted by atomic mass is 9.88. The fourth-order valence-electron chi connectivity index (χ4n) is 2.43. The molecule has 0 radical (unpaired) electrons. The summed E-state index contributed by atoms with van der Waals surface area (Å²) in [5, 5.41) is 6.21. The maximum Gasteiger partial charge on any atom is 0.231 e. The monoisotopic (exact) mass is 289 g/mol. The highest BCUT2D eigenvalue weighted by atomic mass is 16.2. The second kappa shape index (κ2) is 6.26. The van der Waals surface area contributed by atoms with E-state index in [1.165, 1.54) is 0 Å². The van der Waals surface area contributed by atoms with Gasteiger partial charge >= 0.3 is 0 Å². The van der Waals surface area contributed by atoms with Crippen molar-refractivity contribution in [3.05, 3.63) is 29.8 Å². The molecule has 1 aromatic carbocycles. The van der Waals surface area contributed by atoms with E-state index < -0.39 is 0 Å². The van der Waals surface area contributed by atoms with Gasteiger partial charge in [-0.25, -0.2) is 0 Å². The Balaban J connectivity index is 2.04. The van der Waals surface area contributed by atoms with Crippen LogP contribution in [0.5, 0.6) is 0 Å². The van der Waals surface area contributed by atoms with E-state index in [-0.39, 0.29) is 17.2 Å². The zero-order chi connectivity index (χ0) is 15.5. The molecule has 1 aliphatic heterocycles. The minimum Gasteiger partial charge on any atom is -0.342 e. The molecular weight excluding hydrogens is 266 g/mol. The topological polar surface area (TPSA) is 61.4 Å². The predicted molar refractivity (Wildman–Crippen MR) is 82.8 cm³/mol. The van der Waals surface area contributed by atoms with Gasteiger partial charge in [-0.15, -0.1) is 0 Å². The fraction of sp³-hybridized carbons (Fsp3) is 0.500. The molecule has 114 valence electrons. The van der Waals surface area contributed by atoms with Crippen molar-refractivity contribution in [2.24, 2.45) is 5.41 Å². The van der Waals surface area contributed by atoms with Crippen molar-refractivity contribution in [2.75, 3.05) is 25.5 Å². The van der Waals surface area contributed by atoms with Crippen LogP contribution in [0.2, 0.25) is 0 Å². The van der Waals surface area contributed by atoms with Gasteiger partial charge < -0.3 is 15.5 Å². The maximum atomic E-state index is 12.4. The summed E-state index contributed by atoms with van der Waals surface area (Å²) in [7, 11) is 1.76. The Hall–Kier alpha value is -1.88. The van der Waals surface area contributed by atoms with E-state index in [0.29, 0.717) is 13.1 Å². The van der Waals surface area contributed by atoms with Gasteiger partial charge in [0.05, 0.1) is 5.41 Å². The van der Waals surface area contributed by atoms with Crippen molar-refractivity contribution < 1.29 is 9.59 Å². The first-order chi connectivity index (χ1) is 9.90. The van der Waals surface area contributed by atoms with Gasteiger partial charge in [-0.1, -0.05) is 12.1 Å². The first-order valence-corrected chi connectivity index (χ1v) is 7.23. The van der Waals surface area contributed by atoms with E-state index in [2.05, 4.69) is 10.6 Å². The molecule has 2 amide bonds. The molecule has 0 aromatic heterocycles. The molecule has 2 N–H and O–H groups in total. The van der Waals surface area contributed by atoms with E-state index in [0.717, 1.165) is 24.2 Å². The van der Waals surface area contributed by atoms with Crippen LogP contribution in [-0.2, 0) is 16.1 Å². The molecule has 0 aliphatic carbocycles. The Kier molecular flexibility index (Phi) is 4.63. The van der Waals surface area contributed by atoms with Gasteiger partial charge in [0.15, 0.2) is 0 Å². The lowest BCUT2D eigenvalue weighted by molar-refractivity contribution is -0.128. The number of nitrogens with one attached hydrogen (secondary N) is 2. The van der Waals surface area contributed by atoms with Gasteiger partial charge in [-0.3, -0.25) is 9.59 Å². The number of carbonyl (C=O) groups is 2. The minimum absolute atomic E-state index is 0.0222. The second-order valence-electron chi connectivity index (χ2n) is 6.02. The highest BCUT2D eigenvalue weighted by Crippen LogP contribution is 2.26. The summed E-state index contributed by atoms with van der Waals surface area (Å²) in [5.74, 6) is 0.0681. The number of carbonyl (C=O) groups excluding carboxylic acids is 2. The van der Waals surface area contributed by atoms with Crippen LogP contribution in [0.4, 0.5) is 5.69 Å². The molecule has 1 aliphatic rings. The molecule has 1 saturated heterocycles. The quantitative estimate of drug-likeness (QED) is 0.885. The summed E-state index contributed by atoms with van der Waals surface area (Å²) in [6.07, 6.45) is 0.853. The predicted octanol–water partition coefficient (Wildman–Crippen LogP) is 1.60. The Morgan fingerprint density at radius 3 is 2.81 bits per heavy atom. The standard InChI is InChI=1S/C16H23N3O2/c1-12(20)19(3)10-13-5-4-6-14(9-13)18-15(21)16(2)7-8-17-11-16/h4-6,9,17H,7-8,10-11H2,1-3H3,(H,18,21). The normalized spacial score (nSPS) is 21.1. The van der Waals surface area contributed by atoms with Gasteiger partial charge in [0.2, 0.25) is 11.8 Å². The molecule has 5 nitrogen and oxygen atoms in total. The van der Waals surface area contributed by atoms with Gasteiger partial charge in [-0.2, -0.15) is 0 Å². The SMILES string of the molecule is CC(=O)N(C)Cc1cccc(NC(=O)C2(C)CCNC2)c1. The Morgan fingerprint density at radius 1 is 1.43 bits per heavy atom. The molecule has 0 bridgehead atoms. The molecule has 21 heavy (non-hydrogen) atoms. The van der Waals surface area contributed by atoms with Crippen LogP contribution >= 0.6 is 0 Å². The van der Waals surface area contributed by atoms with Crippen LogP contribution in [0.1, 0.15) is 25.8 Å². The smallest absolute Gasteiger partial charge is 0.231 e. The van der Waals surface area contributed by atoms with Crippen molar-refractivity contribution in [3.63, 3.8) is 0 Å². The highest BCUT2D eigenvalue weighted by Gasteiger charge is 2.36. The molecule has 1 aromatic rings. The van der Waals surface area contributed by atoms with Crippen LogP contribution in [0.25, 0.3) is 0 Å². The number of hydrogen-bond acceptors (Lipinski definition) is 3. The fourth-order valence-corrected chi connectivity index (χ4v) is 2.43. The highest BCUT2D eigenvalue weighted by molar-refractivity contribution is 5.95. The first-order valence-electron chi connectivity index (χ1n) is 7.23. The van der Waals surface area contributed by atoms with Crippen molar-refractivity contribution in [2.45, 2.75) is 26.8 Å². The summed E-state index contributed by atoms with van der Waals surface area (Å²) < 4.78 is 0. The van der Waals surface area contributed by atoms with Crippen LogP contribution in [0.15, 0.2) is 24.3 Å². The molecule has 5 heteroatoms. The van der Waals surface area contributed by atoms with Crippen LogP contribution in [-0.4, -0.2) is 36.9 Å². The third kappa shape index (κ3) is 3.82. The summed E-state index contributed by atoms with van der Waals surface area (Å²) in [4.78, 5) is 25.3. The Morgan fingerprint density at radius 2 is 2.19 bits per heavy atom. The van der Waals surface area contributed by atoms with Crippen molar-refractivity contribution in [1.82, 2.24) is 10.2 Å². The first kappa shape index (κ1) is 15.5. The van der Waals surface area contributed by atoms with E-state index in [1.807, 2.05) is 31.2 Å². The number of hydrogen-bond donors (Lipinski definition) is 2. The lowest BCUT2D eigenvalue weighted by Gasteiger charge is -2.22. The molecule has 1 fully saturated rings. The molecular formula is C16H23N3O2. The number of nitrogens with zero attached hydrogens (tertiary/aromatic N) is 1. The maximum absolute atomic E-state index is 12.4. The number of amides is 2. The molecule has 0 saturated carbocycles. The number of rotatable bonds is 4. The summed E-state index contributed by atoms with van der Waals surface area (Å²) >= 11 is 0. The summed E-state index contributed by atoms with van der Waals surface area (Å²) in [5.41, 5.74) is 1.44. The minimum atomic E-state index is -0.341. The third-order valence-corrected chi connectivity index (χ3v) is 4.06. The number of anilines is 1. The molecule has 1 unspecified atom stereocenters. The number of benzene rings is 1. The molecule has 1 heterocycles. The van der Waals surface area contributed by atoms with E-state index in [4.69, 9.17) is 0 Å². The largest absolute Gasteiger partial charge is 0.342 e. The Labute approximate surface area is 125 Å². The average Bonchev–Trinajstić information content (AvgIpc) is 2.87. The molecule has 2 rings (SSSR count). The second-order valence-corrected chi connectivity index (χ2v) is 6.02. The zero-order valence-electron chi connectivity index (χ0n) is 12.9. The van der Waals surface area contributed by atoms with Crippen LogP contribution in [0, 0.1) is 5.41 Å². The van der Waals surface area contributed by atoms with Gasteiger partial charge in [0.1, 0.15) is 0 Å². The third-order valence-electron chi connectivity index (χ3n) is 4.06. The van der Waals surface area contributed by atoms with Crippen molar-refractivity contribution >= 4 is 17.5 Å². The average molecular weight is 289 g/mol. The molecule has 1 atom stereocenters. The van der Waals surface area contributed by atoms with Gasteiger partial charge in [0, 0.05) is 32.7 Å². The van der Waals surface area contributed by atoms with Crippen molar-refractivity contribution in [1.29, 1.82) is 0 Å². The van der Waals surface area contributed by atoms with Crippen molar-refractivity contribution in [3.8, 4) is 0 Å².